The van der Waals surface area contributed by atoms with Gasteiger partial charge in [-0.2, -0.15) is 0 Å². The van der Waals surface area contributed by atoms with E-state index in [4.69, 9.17) is 4.74 Å². The van der Waals surface area contributed by atoms with Gasteiger partial charge < -0.3 is 4.74 Å². The summed E-state index contributed by atoms with van der Waals surface area (Å²) in [6.45, 7) is 3.47. The highest BCUT2D eigenvalue weighted by molar-refractivity contribution is 5.89. The smallest absolute Gasteiger partial charge is 0.150 e. The number of Topliss-reactive ketones (excluding diaryl/α,β-unsaturated/α-hetero) is 1. The third-order valence-corrected chi connectivity index (χ3v) is 2.52. The highest BCUT2D eigenvalue weighted by atomic mass is 16.5. The second kappa shape index (κ2) is 2.91. The van der Waals surface area contributed by atoms with E-state index in [1.165, 1.54) is 0 Å². The van der Waals surface area contributed by atoms with Gasteiger partial charge >= 0.3 is 0 Å². The van der Waals surface area contributed by atoms with E-state index in [1.54, 1.807) is 0 Å². The molecule has 1 saturated heterocycles. The zero-order chi connectivity index (χ0) is 7.68. The van der Waals surface area contributed by atoms with Crippen LogP contribution in [-0.4, -0.2) is 43.0 Å². The number of ether oxygens (including phenoxy) is 1. The Labute approximate surface area is 66.3 Å². The average molecular weight is 155 g/mol. The van der Waals surface area contributed by atoms with E-state index in [9.17, 15) is 4.79 Å². The van der Waals surface area contributed by atoms with Crippen LogP contribution in [0.25, 0.3) is 0 Å². The minimum atomic E-state index is 0.249. The van der Waals surface area contributed by atoms with Gasteiger partial charge in [-0.1, -0.05) is 0 Å². The molecule has 1 saturated carbocycles. The van der Waals surface area contributed by atoms with Crippen molar-refractivity contribution in [2.45, 2.75) is 18.9 Å². The van der Waals surface area contributed by atoms with Gasteiger partial charge in [0.05, 0.1) is 19.3 Å². The summed E-state index contributed by atoms with van der Waals surface area (Å²) in [5.41, 5.74) is 0. The summed E-state index contributed by atoms with van der Waals surface area (Å²) in [4.78, 5) is 13.3. The number of carbonyl (C=O) groups excluding carboxylic acids is 1. The second-order valence-electron chi connectivity index (χ2n) is 3.17. The van der Waals surface area contributed by atoms with Gasteiger partial charge in [-0.05, 0) is 6.42 Å². The number of hydrogen-bond donors (Lipinski definition) is 0. The second-order valence-corrected chi connectivity index (χ2v) is 3.17. The predicted octanol–water partition coefficient (Wildman–Crippen LogP) is 0.0501. The van der Waals surface area contributed by atoms with Crippen molar-refractivity contribution in [2.24, 2.45) is 0 Å². The lowest BCUT2D eigenvalue weighted by Gasteiger charge is -2.38. The Hall–Kier alpha value is -0.410. The molecule has 3 heteroatoms. The van der Waals surface area contributed by atoms with Crippen LogP contribution in [0, 0.1) is 0 Å². The predicted molar refractivity (Wildman–Crippen MR) is 40.4 cm³/mol. The van der Waals surface area contributed by atoms with Crippen LogP contribution in [0.1, 0.15) is 12.8 Å². The van der Waals surface area contributed by atoms with Gasteiger partial charge in [0, 0.05) is 19.5 Å². The van der Waals surface area contributed by atoms with Crippen molar-refractivity contribution in [3.05, 3.63) is 0 Å². The SMILES string of the molecule is O=C1CC[C@H]1N1CCOCC1. The molecule has 0 N–H and O–H groups in total. The molecule has 2 aliphatic rings. The van der Waals surface area contributed by atoms with E-state index in [0.29, 0.717) is 5.78 Å². The van der Waals surface area contributed by atoms with Crippen molar-refractivity contribution in [3.8, 4) is 0 Å². The van der Waals surface area contributed by atoms with Gasteiger partial charge in [0.25, 0.3) is 0 Å². The lowest BCUT2D eigenvalue weighted by molar-refractivity contribution is -0.133. The van der Waals surface area contributed by atoms with Gasteiger partial charge in [0.2, 0.25) is 0 Å². The number of carbonyl (C=O) groups is 1. The maximum atomic E-state index is 11.0. The highest BCUT2D eigenvalue weighted by Crippen LogP contribution is 2.21. The summed E-state index contributed by atoms with van der Waals surface area (Å²) in [5.74, 6) is 0.423. The normalized spacial score (nSPS) is 33.5. The van der Waals surface area contributed by atoms with Crippen molar-refractivity contribution in [3.63, 3.8) is 0 Å². The van der Waals surface area contributed by atoms with Crippen LogP contribution in [0.2, 0.25) is 0 Å². The monoisotopic (exact) mass is 155 g/mol. The van der Waals surface area contributed by atoms with E-state index in [-0.39, 0.29) is 6.04 Å². The molecule has 0 aromatic rings. The summed E-state index contributed by atoms with van der Waals surface area (Å²) in [5, 5.41) is 0. The quantitative estimate of drug-likeness (QED) is 0.536. The zero-order valence-electron chi connectivity index (χ0n) is 6.58. The van der Waals surface area contributed by atoms with Gasteiger partial charge in [-0.3, -0.25) is 9.69 Å². The first kappa shape index (κ1) is 7.25. The lowest BCUT2D eigenvalue weighted by atomic mass is 9.89. The van der Waals surface area contributed by atoms with Crippen molar-refractivity contribution < 1.29 is 9.53 Å². The molecule has 0 unspecified atom stereocenters. The summed E-state index contributed by atoms with van der Waals surface area (Å²) in [7, 11) is 0. The molecule has 62 valence electrons. The standard InChI is InChI=1S/C8H13NO2/c10-8-2-1-7(8)9-3-5-11-6-4-9/h7H,1-6H2/t7-/m1/s1. The van der Waals surface area contributed by atoms with E-state index in [1.807, 2.05) is 0 Å². The highest BCUT2D eigenvalue weighted by Gasteiger charge is 2.33. The molecular weight excluding hydrogens is 142 g/mol. The fourth-order valence-electron chi connectivity index (χ4n) is 1.67. The average Bonchev–Trinajstić information content (AvgIpc) is 2.04. The molecule has 1 aliphatic heterocycles. The topological polar surface area (TPSA) is 29.5 Å². The first-order valence-corrected chi connectivity index (χ1v) is 4.22. The number of rotatable bonds is 1. The van der Waals surface area contributed by atoms with Crippen LogP contribution in [0.3, 0.4) is 0 Å². The molecule has 1 aliphatic carbocycles. The zero-order valence-corrected chi connectivity index (χ0v) is 6.58. The van der Waals surface area contributed by atoms with E-state index in [2.05, 4.69) is 4.90 Å². The number of morpholine rings is 1. The van der Waals surface area contributed by atoms with Gasteiger partial charge in [-0.15, -0.1) is 0 Å². The summed E-state index contributed by atoms with van der Waals surface area (Å²) in [6.07, 6.45) is 1.86. The molecule has 2 rings (SSSR count). The molecule has 1 heterocycles. The molecule has 11 heavy (non-hydrogen) atoms. The fraction of sp³-hybridized carbons (Fsp3) is 0.875. The molecule has 3 nitrogen and oxygen atoms in total. The van der Waals surface area contributed by atoms with Crippen LogP contribution in [0.5, 0.6) is 0 Å². The van der Waals surface area contributed by atoms with Crippen LogP contribution in [-0.2, 0) is 9.53 Å². The molecule has 0 bridgehead atoms. The fourth-order valence-corrected chi connectivity index (χ4v) is 1.67. The maximum absolute atomic E-state index is 11.0. The van der Waals surface area contributed by atoms with Crippen LogP contribution < -0.4 is 0 Å². The van der Waals surface area contributed by atoms with Crippen molar-refractivity contribution in [2.75, 3.05) is 26.3 Å². The Morgan fingerprint density at radius 2 is 2.09 bits per heavy atom. The summed E-state index contributed by atoms with van der Waals surface area (Å²) >= 11 is 0. The van der Waals surface area contributed by atoms with Crippen molar-refractivity contribution in [1.82, 2.24) is 4.90 Å². The Kier molecular flexibility index (Phi) is 1.92. The largest absolute Gasteiger partial charge is 0.379 e. The van der Waals surface area contributed by atoms with Gasteiger partial charge in [0.1, 0.15) is 5.78 Å². The Bertz CT molecular complexity index is 163. The first-order chi connectivity index (χ1) is 5.38. The minimum Gasteiger partial charge on any atom is -0.379 e. The van der Waals surface area contributed by atoms with E-state index < -0.39 is 0 Å². The summed E-state index contributed by atoms with van der Waals surface area (Å²) < 4.78 is 5.20. The number of ketones is 1. The van der Waals surface area contributed by atoms with Crippen LogP contribution in [0.15, 0.2) is 0 Å². The first-order valence-electron chi connectivity index (χ1n) is 4.22. The molecule has 0 aromatic heterocycles. The lowest BCUT2D eigenvalue weighted by Crippen LogP contribution is -2.51. The van der Waals surface area contributed by atoms with Gasteiger partial charge in [-0.25, -0.2) is 0 Å². The minimum absolute atomic E-state index is 0.249. The molecular formula is C8H13NO2. The van der Waals surface area contributed by atoms with Crippen LogP contribution >= 0.6 is 0 Å². The Morgan fingerprint density at radius 3 is 2.55 bits per heavy atom. The Balaban J connectivity index is 1.88. The molecule has 0 amide bonds. The maximum Gasteiger partial charge on any atom is 0.150 e. The molecule has 0 spiro atoms. The van der Waals surface area contributed by atoms with E-state index >= 15 is 0 Å². The third-order valence-electron chi connectivity index (χ3n) is 2.52. The van der Waals surface area contributed by atoms with Crippen LogP contribution in [0.4, 0.5) is 0 Å². The molecule has 2 fully saturated rings. The molecule has 0 aromatic carbocycles. The summed E-state index contributed by atoms with van der Waals surface area (Å²) in [6, 6.07) is 0.249. The third kappa shape index (κ3) is 1.30. The van der Waals surface area contributed by atoms with Crippen molar-refractivity contribution >= 4 is 5.78 Å². The van der Waals surface area contributed by atoms with Crippen molar-refractivity contribution in [1.29, 1.82) is 0 Å². The number of hydrogen-bond acceptors (Lipinski definition) is 3. The van der Waals surface area contributed by atoms with Gasteiger partial charge in [0.15, 0.2) is 0 Å². The Morgan fingerprint density at radius 1 is 1.36 bits per heavy atom. The number of nitrogens with zero attached hydrogens (tertiary/aromatic N) is 1. The van der Waals surface area contributed by atoms with E-state index in [0.717, 1.165) is 39.1 Å². The molecule has 0 radical (unpaired) electrons. The molecule has 1 atom stereocenters.